The lowest BCUT2D eigenvalue weighted by molar-refractivity contribution is -0.139. The second-order valence-corrected chi connectivity index (χ2v) is 5.17. The van der Waals surface area contributed by atoms with Crippen molar-refractivity contribution < 1.29 is 9.53 Å². The van der Waals surface area contributed by atoms with E-state index in [4.69, 9.17) is 10.00 Å². The quantitative estimate of drug-likeness (QED) is 0.862. The first-order valence-electron chi connectivity index (χ1n) is 7.10. The Morgan fingerprint density at radius 2 is 2.05 bits per heavy atom. The second-order valence-electron chi connectivity index (χ2n) is 5.17. The third-order valence-electron chi connectivity index (χ3n) is 3.57. The number of carbonyl (C=O) groups is 1. The van der Waals surface area contributed by atoms with Gasteiger partial charge < -0.3 is 9.64 Å². The van der Waals surface area contributed by atoms with E-state index < -0.39 is 0 Å². The first-order valence-corrected chi connectivity index (χ1v) is 7.10. The normalized spacial score (nSPS) is 14.0. The first kappa shape index (κ1) is 14.1. The molecule has 0 atom stereocenters. The van der Waals surface area contributed by atoms with Gasteiger partial charge in [-0.15, -0.1) is 0 Å². The predicted octanol–water partition coefficient (Wildman–Crippen LogP) is 1.79. The van der Waals surface area contributed by atoms with Gasteiger partial charge in [0.25, 0.3) is 0 Å². The minimum absolute atomic E-state index is 0.0903. The Bertz CT molecular complexity index is 703. The third kappa shape index (κ3) is 3.07. The molecule has 0 N–H and O–H groups in total. The maximum Gasteiger partial charge on any atom is 0.232 e. The zero-order valence-electron chi connectivity index (χ0n) is 12.0. The molecule has 1 fully saturated rings. The molecule has 1 aliphatic heterocycles. The standard InChI is InChI=1S/C17H15N3O2/c18-10-14-7-4-8-19-17(14)22-15-11-20(12-15)16(21)9-13-5-2-1-3-6-13/h1-8,15H,9,11-12H2. The van der Waals surface area contributed by atoms with E-state index in [0.29, 0.717) is 31.0 Å². The molecule has 0 unspecified atom stereocenters. The Hall–Kier alpha value is -2.87. The van der Waals surface area contributed by atoms with Crippen molar-refractivity contribution in [3.8, 4) is 11.9 Å². The molecule has 22 heavy (non-hydrogen) atoms. The van der Waals surface area contributed by atoms with Crippen molar-refractivity contribution in [2.45, 2.75) is 12.5 Å². The van der Waals surface area contributed by atoms with Gasteiger partial charge in [-0.2, -0.15) is 5.26 Å². The molecule has 0 bridgehead atoms. The third-order valence-corrected chi connectivity index (χ3v) is 3.57. The summed E-state index contributed by atoms with van der Waals surface area (Å²) in [6, 6.07) is 15.1. The lowest BCUT2D eigenvalue weighted by Gasteiger charge is -2.38. The largest absolute Gasteiger partial charge is 0.470 e. The maximum absolute atomic E-state index is 12.1. The Kier molecular flexibility index (Phi) is 4.01. The lowest BCUT2D eigenvalue weighted by atomic mass is 10.1. The summed E-state index contributed by atoms with van der Waals surface area (Å²) >= 11 is 0. The van der Waals surface area contributed by atoms with Crippen molar-refractivity contribution in [3.05, 3.63) is 59.8 Å². The predicted molar refractivity (Wildman–Crippen MR) is 80.1 cm³/mol. The van der Waals surface area contributed by atoms with Crippen LogP contribution in [0.3, 0.4) is 0 Å². The van der Waals surface area contributed by atoms with E-state index in [1.807, 2.05) is 36.4 Å². The van der Waals surface area contributed by atoms with Crippen LogP contribution in [-0.4, -0.2) is 35.0 Å². The molecule has 3 rings (SSSR count). The maximum atomic E-state index is 12.1. The number of benzene rings is 1. The first-order chi connectivity index (χ1) is 10.8. The highest BCUT2D eigenvalue weighted by molar-refractivity contribution is 5.79. The molecule has 1 saturated heterocycles. The fourth-order valence-corrected chi connectivity index (χ4v) is 2.33. The Morgan fingerprint density at radius 3 is 2.77 bits per heavy atom. The highest BCUT2D eigenvalue weighted by Gasteiger charge is 2.32. The fourth-order valence-electron chi connectivity index (χ4n) is 2.33. The van der Waals surface area contributed by atoms with E-state index in [2.05, 4.69) is 4.98 Å². The zero-order valence-corrected chi connectivity index (χ0v) is 12.0. The number of likely N-dealkylation sites (tertiary alicyclic amines) is 1. The number of aromatic nitrogens is 1. The average molecular weight is 293 g/mol. The van der Waals surface area contributed by atoms with E-state index in [-0.39, 0.29) is 12.0 Å². The van der Waals surface area contributed by atoms with Gasteiger partial charge in [0, 0.05) is 6.20 Å². The molecule has 0 spiro atoms. The number of hydrogen-bond donors (Lipinski definition) is 0. The molecular formula is C17H15N3O2. The van der Waals surface area contributed by atoms with Gasteiger partial charge in [-0.3, -0.25) is 4.79 Å². The Balaban J connectivity index is 1.52. The van der Waals surface area contributed by atoms with Crippen LogP contribution in [0.4, 0.5) is 0 Å². The van der Waals surface area contributed by atoms with Crippen LogP contribution in [-0.2, 0) is 11.2 Å². The van der Waals surface area contributed by atoms with Crippen LogP contribution >= 0.6 is 0 Å². The molecule has 1 amide bonds. The molecule has 110 valence electrons. The summed E-state index contributed by atoms with van der Waals surface area (Å²) in [7, 11) is 0. The summed E-state index contributed by atoms with van der Waals surface area (Å²) in [5, 5.41) is 8.99. The lowest BCUT2D eigenvalue weighted by Crippen LogP contribution is -2.56. The van der Waals surface area contributed by atoms with E-state index in [0.717, 1.165) is 5.56 Å². The monoisotopic (exact) mass is 293 g/mol. The molecule has 5 nitrogen and oxygen atoms in total. The highest BCUT2D eigenvalue weighted by atomic mass is 16.5. The summed E-state index contributed by atoms with van der Waals surface area (Å²) in [5.41, 5.74) is 1.42. The average Bonchev–Trinajstić information content (AvgIpc) is 2.51. The van der Waals surface area contributed by atoms with Crippen molar-refractivity contribution in [1.82, 2.24) is 9.88 Å². The van der Waals surface area contributed by atoms with E-state index in [9.17, 15) is 4.79 Å². The SMILES string of the molecule is N#Cc1cccnc1OC1CN(C(=O)Cc2ccccc2)C1. The molecule has 5 heteroatoms. The molecule has 1 aromatic heterocycles. The minimum Gasteiger partial charge on any atom is -0.470 e. The zero-order chi connectivity index (χ0) is 15.4. The number of amides is 1. The summed E-state index contributed by atoms with van der Waals surface area (Å²) in [6.45, 7) is 1.07. The molecule has 0 saturated carbocycles. The van der Waals surface area contributed by atoms with Crippen molar-refractivity contribution in [3.63, 3.8) is 0 Å². The van der Waals surface area contributed by atoms with Gasteiger partial charge in [-0.25, -0.2) is 4.98 Å². The summed E-state index contributed by atoms with van der Waals surface area (Å²) in [4.78, 5) is 17.9. The molecular weight excluding hydrogens is 278 g/mol. The van der Waals surface area contributed by atoms with Crippen LogP contribution < -0.4 is 4.74 Å². The fraction of sp³-hybridized carbons (Fsp3) is 0.235. The molecule has 1 aliphatic rings. The number of nitrogens with zero attached hydrogens (tertiary/aromatic N) is 3. The van der Waals surface area contributed by atoms with Gasteiger partial charge in [0.2, 0.25) is 11.8 Å². The molecule has 2 aromatic rings. The van der Waals surface area contributed by atoms with Crippen molar-refractivity contribution in [2.24, 2.45) is 0 Å². The van der Waals surface area contributed by atoms with Crippen LogP contribution in [0, 0.1) is 11.3 Å². The van der Waals surface area contributed by atoms with E-state index in [1.165, 1.54) is 0 Å². The molecule has 0 radical (unpaired) electrons. The van der Waals surface area contributed by atoms with Gasteiger partial charge in [0.1, 0.15) is 17.7 Å². The summed E-state index contributed by atoms with van der Waals surface area (Å²) < 4.78 is 5.68. The molecule has 2 heterocycles. The van der Waals surface area contributed by atoms with Gasteiger partial charge >= 0.3 is 0 Å². The Labute approximate surface area is 128 Å². The number of hydrogen-bond acceptors (Lipinski definition) is 4. The van der Waals surface area contributed by atoms with Crippen LogP contribution in [0.15, 0.2) is 48.7 Å². The van der Waals surface area contributed by atoms with Crippen molar-refractivity contribution >= 4 is 5.91 Å². The number of rotatable bonds is 4. The summed E-state index contributed by atoms with van der Waals surface area (Å²) in [5.74, 6) is 0.428. The number of pyridine rings is 1. The van der Waals surface area contributed by atoms with Crippen molar-refractivity contribution in [2.75, 3.05) is 13.1 Å². The van der Waals surface area contributed by atoms with Crippen LogP contribution in [0.2, 0.25) is 0 Å². The number of carbonyl (C=O) groups excluding carboxylic acids is 1. The topological polar surface area (TPSA) is 66.2 Å². The van der Waals surface area contributed by atoms with Gasteiger partial charge in [-0.1, -0.05) is 30.3 Å². The second kappa shape index (κ2) is 6.27. The number of ether oxygens (including phenoxy) is 1. The van der Waals surface area contributed by atoms with Crippen LogP contribution in [0.1, 0.15) is 11.1 Å². The molecule has 1 aromatic carbocycles. The summed E-state index contributed by atoms with van der Waals surface area (Å²) in [6.07, 6.45) is 1.90. The minimum atomic E-state index is -0.0956. The van der Waals surface area contributed by atoms with Gasteiger partial charge in [0.05, 0.1) is 19.5 Å². The van der Waals surface area contributed by atoms with Gasteiger partial charge in [0.15, 0.2) is 0 Å². The van der Waals surface area contributed by atoms with Crippen LogP contribution in [0.25, 0.3) is 0 Å². The van der Waals surface area contributed by atoms with E-state index in [1.54, 1.807) is 23.2 Å². The molecule has 0 aliphatic carbocycles. The Morgan fingerprint density at radius 1 is 1.27 bits per heavy atom. The smallest absolute Gasteiger partial charge is 0.232 e. The van der Waals surface area contributed by atoms with Gasteiger partial charge in [-0.05, 0) is 17.7 Å². The number of nitriles is 1. The highest BCUT2D eigenvalue weighted by Crippen LogP contribution is 2.20. The van der Waals surface area contributed by atoms with E-state index >= 15 is 0 Å². The van der Waals surface area contributed by atoms with Crippen molar-refractivity contribution in [1.29, 1.82) is 5.26 Å². The van der Waals surface area contributed by atoms with Crippen LogP contribution in [0.5, 0.6) is 5.88 Å².